The Bertz CT molecular complexity index is 932. The molecule has 0 aliphatic carbocycles. The number of amides is 2. The monoisotopic (exact) mass is 436 g/mol. The molecular weight excluding hydrogens is 404 g/mol. The zero-order chi connectivity index (χ0) is 22.5. The van der Waals surface area contributed by atoms with Gasteiger partial charge in [-0.15, -0.1) is 0 Å². The summed E-state index contributed by atoms with van der Waals surface area (Å²) in [5.74, 6) is 1.06. The molecule has 32 heavy (non-hydrogen) atoms. The molecule has 0 atom stereocenters. The van der Waals surface area contributed by atoms with Crippen LogP contribution in [-0.4, -0.2) is 64.3 Å². The zero-order valence-electron chi connectivity index (χ0n) is 18.7. The summed E-state index contributed by atoms with van der Waals surface area (Å²) in [6, 6.07) is 10.0. The molecule has 0 spiro atoms. The summed E-state index contributed by atoms with van der Waals surface area (Å²) in [7, 11) is 0. The molecule has 0 aromatic carbocycles. The highest BCUT2D eigenvalue weighted by atomic mass is 16.2. The Hall–Kier alpha value is -3.00. The number of likely N-dealkylation sites (tertiary alicyclic amines) is 2. The van der Waals surface area contributed by atoms with Crippen LogP contribution in [0.15, 0.2) is 36.5 Å². The average Bonchev–Trinajstić information content (AvgIpc) is 2.80. The van der Waals surface area contributed by atoms with Crippen molar-refractivity contribution in [2.45, 2.75) is 38.5 Å². The van der Waals surface area contributed by atoms with Gasteiger partial charge in [0.2, 0.25) is 11.8 Å². The molecule has 2 aromatic rings. The summed E-state index contributed by atoms with van der Waals surface area (Å²) in [5, 5.41) is 3.29. The van der Waals surface area contributed by atoms with E-state index in [1.54, 1.807) is 0 Å². The lowest BCUT2D eigenvalue weighted by atomic mass is 9.93. The number of anilines is 2. The first-order valence-electron chi connectivity index (χ1n) is 11.4. The van der Waals surface area contributed by atoms with Crippen LogP contribution in [-0.2, 0) is 9.59 Å². The number of primary amides is 1. The predicted octanol–water partition coefficient (Wildman–Crippen LogP) is 2.43. The van der Waals surface area contributed by atoms with E-state index in [0.717, 1.165) is 48.8 Å². The maximum Gasteiger partial charge on any atom is 0.236 e. The largest absolute Gasteiger partial charge is 0.369 e. The van der Waals surface area contributed by atoms with Gasteiger partial charge in [-0.05, 0) is 70.0 Å². The quantitative estimate of drug-likeness (QED) is 0.721. The third-order valence-electron chi connectivity index (χ3n) is 6.56. The molecular formula is C24H32N6O2. The molecule has 0 unspecified atom stereocenters. The van der Waals surface area contributed by atoms with Gasteiger partial charge >= 0.3 is 0 Å². The van der Waals surface area contributed by atoms with Gasteiger partial charge in [0.15, 0.2) is 0 Å². The Labute approximate surface area is 189 Å². The molecule has 0 bridgehead atoms. The first-order chi connectivity index (χ1) is 15.5. The molecule has 2 fully saturated rings. The van der Waals surface area contributed by atoms with Gasteiger partial charge in [-0.3, -0.25) is 19.5 Å². The second-order valence-electron chi connectivity index (χ2n) is 8.87. The summed E-state index contributed by atoms with van der Waals surface area (Å²) in [5.41, 5.74) is 8.39. The van der Waals surface area contributed by atoms with Crippen molar-refractivity contribution in [3.63, 3.8) is 0 Å². The minimum atomic E-state index is -0.247. The van der Waals surface area contributed by atoms with Crippen LogP contribution in [0.1, 0.15) is 43.0 Å². The van der Waals surface area contributed by atoms with Crippen LogP contribution in [0.25, 0.3) is 0 Å². The summed E-state index contributed by atoms with van der Waals surface area (Å²) in [6.45, 7) is 5.47. The summed E-state index contributed by atoms with van der Waals surface area (Å²) >= 11 is 0. The lowest BCUT2D eigenvalue weighted by molar-refractivity contribution is -0.136. The molecule has 4 rings (SSSR count). The van der Waals surface area contributed by atoms with Gasteiger partial charge in [-0.25, -0.2) is 4.98 Å². The van der Waals surface area contributed by atoms with Gasteiger partial charge in [-0.1, -0.05) is 6.07 Å². The Morgan fingerprint density at radius 2 is 1.81 bits per heavy atom. The molecule has 4 heterocycles. The van der Waals surface area contributed by atoms with Crippen molar-refractivity contribution >= 4 is 23.3 Å². The van der Waals surface area contributed by atoms with Gasteiger partial charge < -0.3 is 16.0 Å². The summed E-state index contributed by atoms with van der Waals surface area (Å²) in [4.78, 5) is 37.2. The molecule has 0 saturated carbocycles. The number of aromatic nitrogens is 2. The number of rotatable bonds is 6. The van der Waals surface area contributed by atoms with E-state index in [2.05, 4.69) is 32.3 Å². The number of piperidine rings is 2. The van der Waals surface area contributed by atoms with Crippen molar-refractivity contribution in [1.29, 1.82) is 0 Å². The molecule has 8 heteroatoms. The van der Waals surface area contributed by atoms with Gasteiger partial charge in [0.05, 0.1) is 18.4 Å². The molecule has 2 amide bonds. The molecule has 0 radical (unpaired) electrons. The third kappa shape index (κ3) is 5.62. The Morgan fingerprint density at radius 3 is 2.44 bits per heavy atom. The van der Waals surface area contributed by atoms with E-state index in [-0.39, 0.29) is 17.7 Å². The Kier molecular flexibility index (Phi) is 6.99. The number of carbonyl (C=O) groups excluding carboxylic acids is 2. The van der Waals surface area contributed by atoms with E-state index in [9.17, 15) is 9.59 Å². The van der Waals surface area contributed by atoms with Crippen molar-refractivity contribution < 1.29 is 9.59 Å². The highest BCUT2D eigenvalue weighted by Crippen LogP contribution is 2.28. The molecule has 8 nitrogen and oxygen atoms in total. The number of nitrogens with zero attached hydrogens (tertiary/aromatic N) is 4. The van der Waals surface area contributed by atoms with Gasteiger partial charge in [0, 0.05) is 36.3 Å². The van der Waals surface area contributed by atoms with Crippen molar-refractivity contribution in [2.24, 2.45) is 11.7 Å². The van der Waals surface area contributed by atoms with E-state index >= 15 is 0 Å². The van der Waals surface area contributed by atoms with Crippen molar-refractivity contribution in [3.05, 3.63) is 47.9 Å². The van der Waals surface area contributed by atoms with Crippen LogP contribution in [0, 0.1) is 12.8 Å². The molecule has 2 aliphatic heterocycles. The molecule has 2 saturated heterocycles. The molecule has 3 N–H and O–H groups in total. The van der Waals surface area contributed by atoms with Gasteiger partial charge in [-0.2, -0.15) is 0 Å². The Morgan fingerprint density at radius 1 is 1.06 bits per heavy atom. The van der Waals surface area contributed by atoms with Gasteiger partial charge in [0.1, 0.15) is 5.82 Å². The number of aryl methyl sites for hydroxylation is 1. The maximum absolute atomic E-state index is 12.6. The first-order valence-corrected chi connectivity index (χ1v) is 11.4. The summed E-state index contributed by atoms with van der Waals surface area (Å²) in [6.07, 6.45) is 5.22. The topological polar surface area (TPSA) is 104 Å². The van der Waals surface area contributed by atoms with Crippen LogP contribution in [0.4, 0.5) is 11.5 Å². The van der Waals surface area contributed by atoms with E-state index in [1.165, 1.54) is 0 Å². The fraction of sp³-hybridized carbons (Fsp3) is 0.500. The van der Waals surface area contributed by atoms with Gasteiger partial charge in [0.25, 0.3) is 0 Å². The van der Waals surface area contributed by atoms with E-state index < -0.39 is 0 Å². The second-order valence-corrected chi connectivity index (χ2v) is 8.87. The standard InChI is InChI=1S/C24H32N6O2/c1-17-3-2-4-22(27-17)28-20-5-6-21(26-15-20)18-7-11-29(12-8-18)16-23(31)30-13-9-19(10-14-30)24(25)32/h2-6,15,18-19H,7-14,16H2,1H3,(H2,25,32)(H,27,28). The highest BCUT2D eigenvalue weighted by molar-refractivity contribution is 5.80. The van der Waals surface area contributed by atoms with Crippen molar-refractivity contribution in [3.8, 4) is 0 Å². The SMILES string of the molecule is Cc1cccc(Nc2ccc(C3CCN(CC(=O)N4CCC(C(N)=O)CC4)CC3)nc2)n1. The normalized spacial score (nSPS) is 18.5. The first kappa shape index (κ1) is 22.2. The lowest BCUT2D eigenvalue weighted by Gasteiger charge is -2.35. The number of pyridine rings is 2. The fourth-order valence-electron chi connectivity index (χ4n) is 4.57. The second kappa shape index (κ2) is 10.1. The number of hydrogen-bond acceptors (Lipinski definition) is 6. The van der Waals surface area contributed by atoms with Crippen LogP contribution < -0.4 is 11.1 Å². The molecule has 2 aliphatic rings. The van der Waals surface area contributed by atoms with Crippen molar-refractivity contribution in [1.82, 2.24) is 19.8 Å². The third-order valence-corrected chi connectivity index (χ3v) is 6.56. The lowest BCUT2D eigenvalue weighted by Crippen LogP contribution is -2.47. The van der Waals surface area contributed by atoms with E-state index in [1.807, 2.05) is 36.2 Å². The minimum absolute atomic E-state index is 0.0862. The van der Waals surface area contributed by atoms with Crippen LogP contribution >= 0.6 is 0 Å². The number of nitrogens with two attached hydrogens (primary N) is 1. The smallest absolute Gasteiger partial charge is 0.236 e. The van der Waals surface area contributed by atoms with E-state index in [4.69, 9.17) is 5.73 Å². The van der Waals surface area contributed by atoms with Crippen LogP contribution in [0.3, 0.4) is 0 Å². The predicted molar refractivity (Wildman–Crippen MR) is 123 cm³/mol. The minimum Gasteiger partial charge on any atom is -0.369 e. The fourth-order valence-corrected chi connectivity index (χ4v) is 4.57. The molecule has 170 valence electrons. The zero-order valence-corrected chi connectivity index (χ0v) is 18.7. The van der Waals surface area contributed by atoms with Crippen LogP contribution in [0.2, 0.25) is 0 Å². The van der Waals surface area contributed by atoms with Crippen LogP contribution in [0.5, 0.6) is 0 Å². The highest BCUT2D eigenvalue weighted by Gasteiger charge is 2.28. The number of carbonyl (C=O) groups is 2. The van der Waals surface area contributed by atoms with Crippen molar-refractivity contribution in [2.75, 3.05) is 38.0 Å². The number of hydrogen-bond donors (Lipinski definition) is 2. The number of nitrogens with one attached hydrogen (secondary N) is 1. The Balaban J connectivity index is 1.23. The van der Waals surface area contributed by atoms with E-state index in [0.29, 0.717) is 38.4 Å². The molecule has 2 aromatic heterocycles. The summed E-state index contributed by atoms with van der Waals surface area (Å²) < 4.78 is 0. The maximum atomic E-state index is 12.6. The average molecular weight is 437 g/mol.